The molecule has 0 aromatic heterocycles. The van der Waals surface area contributed by atoms with Gasteiger partial charge in [0.15, 0.2) is 6.29 Å². The van der Waals surface area contributed by atoms with Gasteiger partial charge in [-0.25, -0.2) is 0 Å². The number of rotatable bonds is 8. The monoisotopic (exact) mass is 634 g/mol. The number of ether oxygens (including phenoxy) is 2. The molecule has 45 heavy (non-hydrogen) atoms. The number of aliphatic hydroxyl groups excluding tert-OH is 6. The second-order valence-electron chi connectivity index (χ2n) is 16.7. The van der Waals surface area contributed by atoms with Crippen molar-refractivity contribution in [3.63, 3.8) is 0 Å². The highest BCUT2D eigenvalue weighted by Gasteiger charge is 2.70. The van der Waals surface area contributed by atoms with E-state index in [4.69, 9.17) is 9.47 Å². The van der Waals surface area contributed by atoms with Gasteiger partial charge in [0.2, 0.25) is 0 Å². The molecule has 14 atom stereocenters. The predicted octanol–water partition coefficient (Wildman–Crippen LogP) is 3.28. The van der Waals surface area contributed by atoms with E-state index in [1.165, 1.54) is 6.29 Å². The van der Waals surface area contributed by atoms with Crippen LogP contribution in [0.3, 0.4) is 0 Å². The van der Waals surface area contributed by atoms with Crippen molar-refractivity contribution in [1.29, 1.82) is 0 Å². The van der Waals surface area contributed by atoms with E-state index in [1.54, 1.807) is 0 Å². The summed E-state index contributed by atoms with van der Waals surface area (Å²) in [7, 11) is 0. The van der Waals surface area contributed by atoms with E-state index in [2.05, 4.69) is 26.8 Å². The zero-order valence-electron chi connectivity index (χ0n) is 28.2. The molecule has 1 heterocycles. The Morgan fingerprint density at radius 2 is 1.67 bits per heavy atom. The van der Waals surface area contributed by atoms with Crippen molar-refractivity contribution in [2.24, 2.45) is 45.3 Å². The summed E-state index contributed by atoms with van der Waals surface area (Å²) in [5.41, 5.74) is -1.17. The van der Waals surface area contributed by atoms with E-state index in [9.17, 15) is 35.4 Å². The predicted molar refractivity (Wildman–Crippen MR) is 169 cm³/mol. The molecule has 0 bridgehead atoms. The summed E-state index contributed by atoms with van der Waals surface area (Å²) in [4.78, 5) is 13.2. The summed E-state index contributed by atoms with van der Waals surface area (Å²) in [6.07, 6.45) is 5.26. The van der Waals surface area contributed by atoms with Crippen LogP contribution < -0.4 is 0 Å². The molecule has 9 heteroatoms. The molecule has 6 N–H and O–H groups in total. The lowest BCUT2D eigenvalue weighted by Crippen LogP contribution is -2.64. The minimum absolute atomic E-state index is 0.0495. The van der Waals surface area contributed by atoms with Gasteiger partial charge in [-0.3, -0.25) is 0 Å². The molecule has 1 aliphatic heterocycles. The highest BCUT2D eigenvalue weighted by molar-refractivity contribution is 5.65. The molecular formula is C36H58O9. The van der Waals surface area contributed by atoms with Crippen molar-refractivity contribution < 1.29 is 44.9 Å². The average Bonchev–Trinajstić information content (AvgIpc) is 3.25. The molecule has 4 fully saturated rings. The van der Waals surface area contributed by atoms with E-state index in [0.29, 0.717) is 18.3 Å². The van der Waals surface area contributed by atoms with Gasteiger partial charge in [-0.05, 0) is 87.4 Å². The molecule has 5 rings (SSSR count). The first-order chi connectivity index (χ1) is 20.9. The molecular weight excluding hydrogens is 576 g/mol. The minimum atomic E-state index is -1.49. The van der Waals surface area contributed by atoms with Crippen LogP contribution in [0.15, 0.2) is 23.8 Å². The lowest BCUT2D eigenvalue weighted by molar-refractivity contribution is -0.317. The molecule has 1 saturated heterocycles. The highest BCUT2D eigenvalue weighted by Crippen LogP contribution is 2.74. The summed E-state index contributed by atoms with van der Waals surface area (Å²) >= 11 is 0. The first kappa shape index (κ1) is 35.1. The zero-order chi connectivity index (χ0) is 33.3. The van der Waals surface area contributed by atoms with Crippen LogP contribution in [-0.4, -0.2) is 92.0 Å². The fourth-order valence-corrected chi connectivity index (χ4v) is 10.8. The third-order valence-corrected chi connectivity index (χ3v) is 13.7. The standard InChI is InChI=1S/C36H58O9/c1-20(9-8-13-32(2,3)45-31-29(43)28(42)27(41)25(18-37)44-31)21-12-14-35(7)30-24(39)17-23-22(10-11-26(40)33(23,4)5)36(30,19-38)16-15-34(21,35)6/h8,13,17,19-22,24-31,37,39-43H,9-12,14-16,18H2,1-7H3. The Labute approximate surface area is 268 Å². The molecule has 3 saturated carbocycles. The minimum Gasteiger partial charge on any atom is -0.394 e. The number of carbonyl (C=O) groups excluding carboxylic acids is 1. The molecule has 0 amide bonds. The van der Waals surface area contributed by atoms with Crippen molar-refractivity contribution >= 4 is 6.29 Å². The summed E-state index contributed by atoms with van der Waals surface area (Å²) in [6, 6.07) is 0. The summed E-state index contributed by atoms with van der Waals surface area (Å²) in [6.45, 7) is 14.2. The molecule has 0 spiro atoms. The van der Waals surface area contributed by atoms with E-state index in [-0.39, 0.29) is 22.7 Å². The molecule has 256 valence electrons. The third-order valence-electron chi connectivity index (χ3n) is 13.7. The number of aldehydes is 1. The van der Waals surface area contributed by atoms with Crippen LogP contribution in [0.2, 0.25) is 0 Å². The number of fused-ring (bicyclic) bond motifs is 5. The van der Waals surface area contributed by atoms with E-state index in [1.807, 2.05) is 39.8 Å². The van der Waals surface area contributed by atoms with Crippen molar-refractivity contribution in [1.82, 2.24) is 0 Å². The molecule has 0 aromatic carbocycles. The maximum Gasteiger partial charge on any atom is 0.187 e. The van der Waals surface area contributed by atoms with Crippen LogP contribution in [0.25, 0.3) is 0 Å². The topological polar surface area (TPSA) is 157 Å². The normalized spacial score (nSPS) is 48.7. The van der Waals surface area contributed by atoms with Gasteiger partial charge in [0.25, 0.3) is 0 Å². The molecule has 14 unspecified atom stereocenters. The second kappa shape index (κ2) is 12.1. The second-order valence-corrected chi connectivity index (χ2v) is 16.7. The van der Waals surface area contributed by atoms with E-state index < -0.39 is 66.0 Å². The van der Waals surface area contributed by atoms with Gasteiger partial charge >= 0.3 is 0 Å². The zero-order valence-corrected chi connectivity index (χ0v) is 28.2. The van der Waals surface area contributed by atoms with Crippen LogP contribution in [0.4, 0.5) is 0 Å². The first-order valence-corrected chi connectivity index (χ1v) is 17.1. The Morgan fingerprint density at radius 1 is 0.978 bits per heavy atom. The number of aliphatic hydroxyl groups is 6. The first-order valence-electron chi connectivity index (χ1n) is 17.1. The van der Waals surface area contributed by atoms with Crippen LogP contribution in [0.1, 0.15) is 93.4 Å². The Hall–Kier alpha value is -1.17. The van der Waals surface area contributed by atoms with Crippen LogP contribution in [-0.2, 0) is 14.3 Å². The molecule has 0 aromatic rings. The fourth-order valence-electron chi connectivity index (χ4n) is 10.8. The van der Waals surface area contributed by atoms with Crippen molar-refractivity contribution in [2.75, 3.05) is 6.61 Å². The average molecular weight is 635 g/mol. The summed E-state index contributed by atoms with van der Waals surface area (Å²) in [5, 5.41) is 62.8. The van der Waals surface area contributed by atoms with Crippen molar-refractivity contribution in [3.8, 4) is 0 Å². The maximum atomic E-state index is 13.2. The van der Waals surface area contributed by atoms with Gasteiger partial charge in [-0.1, -0.05) is 58.4 Å². The number of hydrogen-bond acceptors (Lipinski definition) is 9. The van der Waals surface area contributed by atoms with Gasteiger partial charge in [-0.2, -0.15) is 0 Å². The molecule has 5 aliphatic rings. The Bertz CT molecular complexity index is 1160. The van der Waals surface area contributed by atoms with Gasteiger partial charge < -0.3 is 44.9 Å². The van der Waals surface area contributed by atoms with E-state index >= 15 is 0 Å². The summed E-state index contributed by atoms with van der Waals surface area (Å²) in [5.74, 6) is 0.608. The number of carbonyl (C=O) groups is 1. The van der Waals surface area contributed by atoms with Crippen LogP contribution in [0.5, 0.6) is 0 Å². The lowest BCUT2D eigenvalue weighted by Gasteiger charge is -2.66. The Morgan fingerprint density at radius 3 is 2.31 bits per heavy atom. The Balaban J connectivity index is 1.31. The smallest absolute Gasteiger partial charge is 0.187 e. The van der Waals surface area contributed by atoms with Gasteiger partial charge in [0.05, 0.1) is 24.4 Å². The highest BCUT2D eigenvalue weighted by atomic mass is 16.7. The quantitative estimate of drug-likeness (QED) is 0.174. The fraction of sp³-hybridized carbons (Fsp3) is 0.861. The van der Waals surface area contributed by atoms with Gasteiger partial charge in [0, 0.05) is 16.7 Å². The maximum absolute atomic E-state index is 13.2. The number of allylic oxidation sites excluding steroid dienone is 1. The van der Waals surface area contributed by atoms with Crippen LogP contribution in [0, 0.1) is 45.3 Å². The van der Waals surface area contributed by atoms with Gasteiger partial charge in [-0.15, -0.1) is 0 Å². The lowest BCUT2D eigenvalue weighted by atomic mass is 9.38. The molecule has 9 nitrogen and oxygen atoms in total. The van der Waals surface area contributed by atoms with Crippen molar-refractivity contribution in [2.45, 2.75) is 142 Å². The molecule has 4 aliphatic carbocycles. The molecule has 0 radical (unpaired) electrons. The third kappa shape index (κ3) is 5.41. The Kier molecular flexibility index (Phi) is 9.42. The van der Waals surface area contributed by atoms with Crippen LogP contribution >= 0.6 is 0 Å². The van der Waals surface area contributed by atoms with Crippen molar-refractivity contribution in [3.05, 3.63) is 23.8 Å². The SMILES string of the molecule is CC(CC=CC(C)(C)OC1OC(CO)C(O)C(O)C1O)C1CCC2(C)C3C(O)C=C4C(CCC(O)C4(C)C)C3(C=O)CCC12C. The van der Waals surface area contributed by atoms with E-state index in [0.717, 1.165) is 44.1 Å². The largest absolute Gasteiger partial charge is 0.394 e. The summed E-state index contributed by atoms with van der Waals surface area (Å²) < 4.78 is 11.6. The number of hydrogen-bond donors (Lipinski definition) is 6. The van der Waals surface area contributed by atoms with Gasteiger partial charge in [0.1, 0.15) is 30.7 Å².